The normalized spacial score (nSPS) is 19.1. The monoisotopic (exact) mass is 368 g/mol. The largest absolute Gasteiger partial charge is 0.496 e. The van der Waals surface area contributed by atoms with E-state index in [1.165, 1.54) is 0 Å². The number of methoxy groups -OCH3 is 1. The van der Waals surface area contributed by atoms with Crippen molar-refractivity contribution in [3.63, 3.8) is 0 Å². The van der Waals surface area contributed by atoms with Crippen molar-refractivity contribution in [3.8, 4) is 17.0 Å². The van der Waals surface area contributed by atoms with Gasteiger partial charge < -0.3 is 24.8 Å². The third-order valence-corrected chi connectivity index (χ3v) is 5.00. The molecule has 27 heavy (non-hydrogen) atoms. The number of aromatic nitrogens is 1. The minimum atomic E-state index is -0.0775. The maximum absolute atomic E-state index is 9.57. The molecule has 4 rings (SSSR count). The van der Waals surface area contributed by atoms with Crippen molar-refractivity contribution < 1.29 is 14.6 Å². The number of hydrogen-bond donors (Lipinski definition) is 2. The Kier molecular flexibility index (Phi) is 4.96. The van der Waals surface area contributed by atoms with Crippen LogP contribution in [-0.2, 0) is 11.3 Å². The van der Waals surface area contributed by atoms with Crippen LogP contribution in [0.4, 0.5) is 5.82 Å². The van der Waals surface area contributed by atoms with Crippen molar-refractivity contribution >= 4 is 11.7 Å². The van der Waals surface area contributed by atoms with Crippen LogP contribution in [0.5, 0.6) is 5.75 Å². The lowest BCUT2D eigenvalue weighted by molar-refractivity contribution is 0.0333. The fourth-order valence-electron chi connectivity index (χ4n) is 3.56. The van der Waals surface area contributed by atoms with Crippen molar-refractivity contribution in [2.45, 2.75) is 19.6 Å². The average Bonchev–Trinajstić information content (AvgIpc) is 2.73. The van der Waals surface area contributed by atoms with Gasteiger partial charge in [0.1, 0.15) is 24.1 Å². The summed E-state index contributed by atoms with van der Waals surface area (Å²) in [5.41, 5.74) is 3.53. The predicted octanol–water partition coefficient (Wildman–Crippen LogP) is 2.10. The number of aliphatic imine (C=N–C) groups is 1. The van der Waals surface area contributed by atoms with E-state index in [0.717, 1.165) is 40.6 Å². The van der Waals surface area contributed by atoms with Gasteiger partial charge in [-0.15, -0.1) is 0 Å². The van der Waals surface area contributed by atoms with Gasteiger partial charge in [-0.25, -0.2) is 9.98 Å². The van der Waals surface area contributed by atoms with Crippen LogP contribution in [0, 0.1) is 0 Å². The smallest absolute Gasteiger partial charge is 0.139 e. The highest BCUT2D eigenvalue weighted by atomic mass is 16.5. The summed E-state index contributed by atoms with van der Waals surface area (Å²) in [6.07, 6.45) is 0. The molecule has 0 amide bonds. The van der Waals surface area contributed by atoms with Gasteiger partial charge in [0.15, 0.2) is 0 Å². The van der Waals surface area contributed by atoms with E-state index in [1.807, 2.05) is 24.3 Å². The van der Waals surface area contributed by atoms with Crippen LogP contribution in [-0.4, -0.2) is 60.4 Å². The average molecular weight is 368 g/mol. The van der Waals surface area contributed by atoms with E-state index in [4.69, 9.17) is 14.5 Å². The third-order valence-electron chi connectivity index (χ3n) is 5.00. The molecule has 1 aromatic heterocycles. The zero-order valence-corrected chi connectivity index (χ0v) is 15.6. The second-order valence-corrected chi connectivity index (χ2v) is 6.71. The summed E-state index contributed by atoms with van der Waals surface area (Å²) in [6, 6.07) is 10.1. The number of nitrogens with zero attached hydrogens (tertiary/aromatic N) is 3. The number of fused-ring (bicyclic) bond motifs is 1. The Hall–Kier alpha value is -2.64. The molecule has 1 aromatic carbocycles. The van der Waals surface area contributed by atoms with Gasteiger partial charge in [0.25, 0.3) is 0 Å². The van der Waals surface area contributed by atoms with Gasteiger partial charge in [0, 0.05) is 17.7 Å². The van der Waals surface area contributed by atoms with Crippen LogP contribution < -0.4 is 10.1 Å². The van der Waals surface area contributed by atoms with Crippen molar-refractivity contribution in [3.05, 3.63) is 41.5 Å². The fraction of sp³-hybridized carbons (Fsp3) is 0.400. The molecule has 2 N–H and O–H groups in total. The summed E-state index contributed by atoms with van der Waals surface area (Å²) in [7, 11) is 1.60. The molecular weight excluding hydrogens is 344 g/mol. The molecule has 7 nitrogen and oxygen atoms in total. The van der Waals surface area contributed by atoms with E-state index in [1.54, 1.807) is 7.11 Å². The van der Waals surface area contributed by atoms with Crippen molar-refractivity contribution in [1.82, 2.24) is 9.88 Å². The molecule has 7 heteroatoms. The molecule has 2 aromatic rings. The summed E-state index contributed by atoms with van der Waals surface area (Å²) in [5.74, 6) is 2.48. The Bertz CT molecular complexity index is 868. The van der Waals surface area contributed by atoms with Gasteiger partial charge >= 0.3 is 0 Å². The van der Waals surface area contributed by atoms with Crippen LogP contribution in [0.15, 0.2) is 35.3 Å². The van der Waals surface area contributed by atoms with Gasteiger partial charge in [-0.3, -0.25) is 0 Å². The fourth-order valence-corrected chi connectivity index (χ4v) is 3.56. The zero-order chi connectivity index (χ0) is 18.8. The number of aliphatic hydroxyl groups is 1. The number of ether oxygens (including phenoxy) is 2. The summed E-state index contributed by atoms with van der Waals surface area (Å²) < 4.78 is 10.8. The standard InChI is InChI=1S/C20H24N4O3/c1-13-11-27-8-7-24(13)20-16-4-5-17(23-19(16)21-12-22-20)14-3-6-18(26-2)15(9-14)10-25/h3-6,9,13,25H,7-8,10-12H2,1-2H3,(H,21,23)/t13-/m0/s1. The number of nitrogens with one attached hydrogen (secondary N) is 1. The SMILES string of the molecule is COc1ccc(-c2ccc3c(n2)NCN=C3N2CCOC[C@@H]2C)cc1CO. The van der Waals surface area contributed by atoms with E-state index in [9.17, 15) is 5.11 Å². The van der Waals surface area contributed by atoms with Gasteiger partial charge in [0.05, 0.1) is 44.2 Å². The lowest BCUT2D eigenvalue weighted by Crippen LogP contribution is -2.48. The van der Waals surface area contributed by atoms with Gasteiger partial charge in [0.2, 0.25) is 0 Å². The first-order chi connectivity index (χ1) is 13.2. The number of pyridine rings is 1. The summed E-state index contributed by atoms with van der Waals surface area (Å²) in [5, 5.41) is 12.8. The Morgan fingerprint density at radius 1 is 1.33 bits per heavy atom. The highest BCUT2D eigenvalue weighted by Crippen LogP contribution is 2.29. The maximum atomic E-state index is 9.57. The minimum Gasteiger partial charge on any atom is -0.496 e. The topological polar surface area (TPSA) is 79.2 Å². The highest BCUT2D eigenvalue weighted by Gasteiger charge is 2.27. The Balaban J connectivity index is 1.67. The van der Waals surface area contributed by atoms with E-state index >= 15 is 0 Å². The van der Waals surface area contributed by atoms with Crippen LogP contribution in [0.1, 0.15) is 18.1 Å². The zero-order valence-electron chi connectivity index (χ0n) is 15.6. The first-order valence-electron chi connectivity index (χ1n) is 9.13. The molecular formula is C20H24N4O3. The van der Waals surface area contributed by atoms with Crippen molar-refractivity contribution in [1.29, 1.82) is 0 Å². The van der Waals surface area contributed by atoms with Crippen molar-refractivity contribution in [2.75, 3.05) is 38.9 Å². The van der Waals surface area contributed by atoms with Crippen LogP contribution >= 0.6 is 0 Å². The van der Waals surface area contributed by atoms with Crippen LogP contribution in [0.3, 0.4) is 0 Å². The predicted molar refractivity (Wildman–Crippen MR) is 104 cm³/mol. The molecule has 0 aliphatic carbocycles. The Labute approximate surface area is 158 Å². The second-order valence-electron chi connectivity index (χ2n) is 6.71. The molecule has 0 unspecified atom stereocenters. The first kappa shape index (κ1) is 17.8. The highest BCUT2D eigenvalue weighted by molar-refractivity contribution is 6.04. The number of benzene rings is 1. The van der Waals surface area contributed by atoms with Crippen LogP contribution in [0.25, 0.3) is 11.3 Å². The number of aliphatic hydroxyl groups excluding tert-OH is 1. The van der Waals surface area contributed by atoms with E-state index in [2.05, 4.69) is 28.2 Å². The number of anilines is 1. The molecule has 0 radical (unpaired) electrons. The molecule has 1 saturated heterocycles. The summed E-state index contributed by atoms with van der Waals surface area (Å²) in [4.78, 5) is 11.8. The molecule has 2 aliphatic heterocycles. The molecule has 0 bridgehead atoms. The molecule has 3 heterocycles. The lowest BCUT2D eigenvalue weighted by Gasteiger charge is -2.37. The number of rotatable bonds is 3. The Morgan fingerprint density at radius 3 is 3.00 bits per heavy atom. The maximum Gasteiger partial charge on any atom is 0.139 e. The lowest BCUT2D eigenvalue weighted by atomic mass is 10.0. The second kappa shape index (κ2) is 7.54. The van der Waals surface area contributed by atoms with Gasteiger partial charge in [-0.05, 0) is 37.3 Å². The van der Waals surface area contributed by atoms with E-state index in [0.29, 0.717) is 25.6 Å². The number of hydrogen-bond acceptors (Lipinski definition) is 7. The number of morpholine rings is 1. The number of amidine groups is 1. The molecule has 1 atom stereocenters. The molecule has 1 fully saturated rings. The quantitative estimate of drug-likeness (QED) is 0.864. The van der Waals surface area contributed by atoms with Gasteiger partial charge in [-0.2, -0.15) is 0 Å². The third kappa shape index (κ3) is 3.36. The summed E-state index contributed by atoms with van der Waals surface area (Å²) in [6.45, 7) is 4.84. The van der Waals surface area contributed by atoms with Crippen molar-refractivity contribution in [2.24, 2.45) is 4.99 Å². The summed E-state index contributed by atoms with van der Waals surface area (Å²) >= 11 is 0. The minimum absolute atomic E-state index is 0.0775. The van der Waals surface area contributed by atoms with Gasteiger partial charge in [-0.1, -0.05) is 0 Å². The Morgan fingerprint density at radius 2 is 2.22 bits per heavy atom. The molecule has 0 saturated carbocycles. The van der Waals surface area contributed by atoms with E-state index < -0.39 is 0 Å². The van der Waals surface area contributed by atoms with E-state index in [-0.39, 0.29) is 12.6 Å². The molecule has 142 valence electrons. The first-order valence-corrected chi connectivity index (χ1v) is 9.13. The molecule has 0 spiro atoms. The molecule has 2 aliphatic rings. The van der Waals surface area contributed by atoms with Crippen LogP contribution in [0.2, 0.25) is 0 Å².